The van der Waals surface area contributed by atoms with Crippen molar-refractivity contribution in [2.75, 3.05) is 19.4 Å². The fourth-order valence-corrected chi connectivity index (χ4v) is 3.60. The van der Waals surface area contributed by atoms with E-state index in [-0.39, 0.29) is 10.8 Å². The number of sulfonamides is 1. The lowest BCUT2D eigenvalue weighted by Gasteiger charge is -2.12. The summed E-state index contributed by atoms with van der Waals surface area (Å²) >= 11 is 1.56. The van der Waals surface area contributed by atoms with Gasteiger partial charge in [0.2, 0.25) is 15.9 Å². The summed E-state index contributed by atoms with van der Waals surface area (Å²) in [5, 5.41) is 4.63. The molecule has 1 amide bonds. The Labute approximate surface area is 140 Å². The summed E-state index contributed by atoms with van der Waals surface area (Å²) in [7, 11) is -0.593. The molecule has 0 unspecified atom stereocenters. The lowest BCUT2D eigenvalue weighted by molar-refractivity contribution is -0.111. The van der Waals surface area contributed by atoms with E-state index in [1.165, 1.54) is 32.3 Å². The molecule has 23 heavy (non-hydrogen) atoms. The highest BCUT2D eigenvalue weighted by Gasteiger charge is 2.17. The first-order valence-corrected chi connectivity index (χ1v) is 9.18. The van der Waals surface area contributed by atoms with Crippen molar-refractivity contribution in [3.05, 3.63) is 52.2 Å². The Morgan fingerprint density at radius 1 is 1.26 bits per heavy atom. The minimum Gasteiger partial charge on any atom is -0.322 e. The van der Waals surface area contributed by atoms with Crippen LogP contribution in [0.4, 0.5) is 5.69 Å². The first kappa shape index (κ1) is 17.4. The van der Waals surface area contributed by atoms with Gasteiger partial charge in [-0.15, -0.1) is 11.3 Å². The highest BCUT2D eigenvalue weighted by Crippen LogP contribution is 2.19. The predicted molar refractivity (Wildman–Crippen MR) is 94.0 cm³/mol. The molecule has 1 aromatic carbocycles. The number of aryl methyl sites for hydroxylation is 1. The Hall–Kier alpha value is -1.96. The van der Waals surface area contributed by atoms with E-state index in [9.17, 15) is 13.2 Å². The Bertz CT molecular complexity index is 837. The van der Waals surface area contributed by atoms with E-state index in [1.54, 1.807) is 29.5 Å². The van der Waals surface area contributed by atoms with Gasteiger partial charge in [0, 0.05) is 30.7 Å². The summed E-state index contributed by atoms with van der Waals surface area (Å²) in [5.74, 6) is -0.308. The number of carbonyl (C=O) groups excluding carboxylic acids is 1. The van der Waals surface area contributed by atoms with Gasteiger partial charge in [-0.2, -0.15) is 0 Å². The molecule has 0 radical (unpaired) electrons. The van der Waals surface area contributed by atoms with Gasteiger partial charge in [0.25, 0.3) is 0 Å². The summed E-state index contributed by atoms with van der Waals surface area (Å²) in [4.78, 5) is 13.1. The normalized spacial score (nSPS) is 12.0. The van der Waals surface area contributed by atoms with Gasteiger partial charge < -0.3 is 5.32 Å². The van der Waals surface area contributed by atoms with E-state index in [0.717, 1.165) is 14.7 Å². The lowest BCUT2D eigenvalue weighted by Crippen LogP contribution is -2.22. The molecule has 0 aliphatic carbocycles. The van der Waals surface area contributed by atoms with Crippen molar-refractivity contribution in [3.63, 3.8) is 0 Å². The second kappa shape index (κ2) is 7.08. The molecule has 7 heteroatoms. The number of nitrogens with zero attached hydrogens (tertiary/aromatic N) is 1. The molecule has 0 atom stereocenters. The molecule has 0 saturated carbocycles. The monoisotopic (exact) mass is 350 g/mol. The minimum atomic E-state index is -3.52. The van der Waals surface area contributed by atoms with Crippen LogP contribution in [0.25, 0.3) is 6.08 Å². The van der Waals surface area contributed by atoms with E-state index in [1.807, 2.05) is 18.4 Å². The maximum Gasteiger partial charge on any atom is 0.248 e. The van der Waals surface area contributed by atoms with E-state index in [0.29, 0.717) is 5.69 Å². The first-order chi connectivity index (χ1) is 10.8. The number of thiophene rings is 1. The van der Waals surface area contributed by atoms with Crippen molar-refractivity contribution in [3.8, 4) is 0 Å². The van der Waals surface area contributed by atoms with Crippen molar-refractivity contribution in [1.82, 2.24) is 4.31 Å². The third-order valence-electron chi connectivity index (χ3n) is 3.17. The molecule has 0 saturated heterocycles. The molecule has 1 aromatic heterocycles. The molecule has 2 rings (SSSR count). The number of hydrogen-bond donors (Lipinski definition) is 1. The van der Waals surface area contributed by atoms with Gasteiger partial charge in [-0.25, -0.2) is 12.7 Å². The SMILES string of the molecule is Cc1ccsc1/C=C/C(=O)Nc1cccc(S(=O)(=O)N(C)C)c1. The van der Waals surface area contributed by atoms with E-state index in [2.05, 4.69) is 5.32 Å². The molecule has 1 heterocycles. The van der Waals surface area contributed by atoms with Crippen molar-refractivity contribution in [1.29, 1.82) is 0 Å². The molecule has 1 N–H and O–H groups in total. The summed E-state index contributed by atoms with van der Waals surface area (Å²) in [5.41, 5.74) is 1.55. The quantitative estimate of drug-likeness (QED) is 0.843. The van der Waals surface area contributed by atoms with Gasteiger partial charge in [0.15, 0.2) is 0 Å². The number of anilines is 1. The number of carbonyl (C=O) groups is 1. The van der Waals surface area contributed by atoms with Crippen LogP contribution in [-0.2, 0) is 14.8 Å². The number of benzene rings is 1. The third kappa shape index (κ3) is 4.28. The molecular weight excluding hydrogens is 332 g/mol. The molecule has 0 bridgehead atoms. The Kier molecular flexibility index (Phi) is 5.35. The smallest absolute Gasteiger partial charge is 0.248 e. The third-order valence-corrected chi connectivity index (χ3v) is 5.96. The van der Waals surface area contributed by atoms with Crippen LogP contribution in [0.1, 0.15) is 10.4 Å². The van der Waals surface area contributed by atoms with Crippen molar-refractivity contribution in [2.24, 2.45) is 0 Å². The van der Waals surface area contributed by atoms with Gasteiger partial charge in [0.1, 0.15) is 0 Å². The number of amides is 1. The molecule has 0 spiro atoms. The van der Waals surface area contributed by atoms with Crippen LogP contribution in [-0.4, -0.2) is 32.7 Å². The van der Waals surface area contributed by atoms with Crippen LogP contribution >= 0.6 is 11.3 Å². The van der Waals surface area contributed by atoms with Crippen molar-refractivity contribution in [2.45, 2.75) is 11.8 Å². The van der Waals surface area contributed by atoms with Crippen molar-refractivity contribution >= 4 is 39.0 Å². The van der Waals surface area contributed by atoms with Gasteiger partial charge in [-0.05, 0) is 48.2 Å². The fraction of sp³-hybridized carbons (Fsp3) is 0.188. The van der Waals surface area contributed by atoms with Crippen LogP contribution in [0, 0.1) is 6.92 Å². The van der Waals surface area contributed by atoms with Gasteiger partial charge in [-0.3, -0.25) is 4.79 Å². The zero-order chi connectivity index (χ0) is 17.0. The van der Waals surface area contributed by atoms with Crippen LogP contribution in [0.15, 0.2) is 46.7 Å². The number of rotatable bonds is 5. The molecule has 0 fully saturated rings. The fourth-order valence-electron chi connectivity index (χ4n) is 1.84. The van der Waals surface area contributed by atoms with E-state index < -0.39 is 10.0 Å². The first-order valence-electron chi connectivity index (χ1n) is 6.86. The van der Waals surface area contributed by atoms with Gasteiger partial charge >= 0.3 is 0 Å². The molecule has 0 aliphatic rings. The average Bonchev–Trinajstić information content (AvgIpc) is 2.90. The van der Waals surface area contributed by atoms with Gasteiger partial charge in [0.05, 0.1) is 4.90 Å². The van der Waals surface area contributed by atoms with E-state index >= 15 is 0 Å². The summed E-state index contributed by atoms with van der Waals surface area (Å²) in [6, 6.07) is 8.17. The predicted octanol–water partition coefficient (Wildman–Crippen LogP) is 2.96. The maximum absolute atomic E-state index is 12.1. The van der Waals surface area contributed by atoms with Gasteiger partial charge in [-0.1, -0.05) is 6.07 Å². The maximum atomic E-state index is 12.1. The second-order valence-electron chi connectivity index (χ2n) is 5.11. The summed E-state index contributed by atoms with van der Waals surface area (Å²) < 4.78 is 25.3. The molecule has 0 aliphatic heterocycles. The summed E-state index contributed by atoms with van der Waals surface area (Å²) in [6.07, 6.45) is 3.18. The zero-order valence-corrected chi connectivity index (χ0v) is 14.7. The van der Waals surface area contributed by atoms with Crippen LogP contribution in [0.5, 0.6) is 0 Å². The summed E-state index contributed by atoms with van der Waals surface area (Å²) in [6.45, 7) is 1.98. The Balaban J connectivity index is 2.13. The lowest BCUT2D eigenvalue weighted by atomic mass is 10.2. The van der Waals surface area contributed by atoms with E-state index in [4.69, 9.17) is 0 Å². The molecule has 122 valence electrons. The van der Waals surface area contributed by atoms with Crippen LogP contribution in [0.3, 0.4) is 0 Å². The largest absolute Gasteiger partial charge is 0.322 e. The van der Waals surface area contributed by atoms with Crippen LogP contribution in [0.2, 0.25) is 0 Å². The Morgan fingerprint density at radius 3 is 2.61 bits per heavy atom. The van der Waals surface area contributed by atoms with Crippen LogP contribution < -0.4 is 5.32 Å². The number of hydrogen-bond acceptors (Lipinski definition) is 4. The zero-order valence-electron chi connectivity index (χ0n) is 13.1. The molecule has 2 aromatic rings. The highest BCUT2D eigenvalue weighted by molar-refractivity contribution is 7.89. The topological polar surface area (TPSA) is 66.5 Å². The Morgan fingerprint density at radius 2 is 2.00 bits per heavy atom. The standard InChI is InChI=1S/C16H18N2O3S2/c1-12-9-10-22-15(12)7-8-16(19)17-13-5-4-6-14(11-13)23(20,21)18(2)3/h4-11H,1-3H3,(H,17,19)/b8-7+. The van der Waals surface area contributed by atoms with Crippen molar-refractivity contribution < 1.29 is 13.2 Å². The molecular formula is C16H18N2O3S2. The number of nitrogens with one attached hydrogen (secondary N) is 1. The molecule has 5 nitrogen and oxygen atoms in total. The highest BCUT2D eigenvalue weighted by atomic mass is 32.2. The minimum absolute atomic E-state index is 0.137. The second-order valence-corrected chi connectivity index (χ2v) is 8.21. The average molecular weight is 350 g/mol.